The number of benzene rings is 1. The van der Waals surface area contributed by atoms with Crippen molar-refractivity contribution in [3.05, 3.63) is 29.3 Å². The molecule has 2 N–H and O–H groups in total. The minimum absolute atomic E-state index is 0.473. The van der Waals surface area contributed by atoms with E-state index in [0.29, 0.717) is 24.7 Å². The maximum Gasteiger partial charge on any atom is 0.123 e. The van der Waals surface area contributed by atoms with Gasteiger partial charge in [0.05, 0.1) is 19.5 Å². The summed E-state index contributed by atoms with van der Waals surface area (Å²) in [6.45, 7) is 0.979. The molecule has 4 nitrogen and oxygen atoms in total. The fourth-order valence-electron chi connectivity index (χ4n) is 1.49. The summed E-state index contributed by atoms with van der Waals surface area (Å²) < 4.78 is 21.9. The largest absolute Gasteiger partial charge is 0.496 e. The Morgan fingerprint density at radius 1 is 1.35 bits per heavy atom. The van der Waals surface area contributed by atoms with Crippen molar-refractivity contribution < 1.29 is 13.7 Å². The summed E-state index contributed by atoms with van der Waals surface area (Å²) in [5.74, 6) is 1.76. The first-order valence-corrected chi connectivity index (χ1v) is 6.89. The van der Waals surface area contributed by atoms with E-state index in [1.54, 1.807) is 14.2 Å². The Morgan fingerprint density at radius 3 is 2.71 bits per heavy atom. The molecule has 0 amide bonds. The third kappa shape index (κ3) is 4.46. The summed E-state index contributed by atoms with van der Waals surface area (Å²) in [6.07, 6.45) is 0. The number of methoxy groups -OCH3 is 2. The van der Waals surface area contributed by atoms with Crippen molar-refractivity contribution in [2.45, 2.75) is 12.3 Å². The van der Waals surface area contributed by atoms with Crippen molar-refractivity contribution in [1.29, 1.82) is 0 Å². The zero-order valence-corrected chi connectivity index (χ0v) is 11.1. The van der Waals surface area contributed by atoms with Crippen LogP contribution in [0.3, 0.4) is 0 Å². The fourth-order valence-corrected chi connectivity index (χ4v) is 2.56. The molecule has 1 aromatic rings. The molecule has 0 aliphatic rings. The van der Waals surface area contributed by atoms with Crippen LogP contribution in [-0.2, 0) is 27.8 Å². The van der Waals surface area contributed by atoms with Gasteiger partial charge in [-0.05, 0) is 17.7 Å². The van der Waals surface area contributed by atoms with Gasteiger partial charge in [0.25, 0.3) is 0 Å². The van der Waals surface area contributed by atoms with Crippen LogP contribution in [0.4, 0.5) is 0 Å². The van der Waals surface area contributed by atoms with Crippen molar-refractivity contribution in [3.8, 4) is 5.75 Å². The van der Waals surface area contributed by atoms with Crippen molar-refractivity contribution in [3.63, 3.8) is 0 Å². The van der Waals surface area contributed by atoms with Gasteiger partial charge in [-0.15, -0.1) is 0 Å². The van der Waals surface area contributed by atoms with Gasteiger partial charge in [0.15, 0.2) is 0 Å². The van der Waals surface area contributed by atoms with E-state index in [9.17, 15) is 4.21 Å². The zero-order chi connectivity index (χ0) is 12.7. The second kappa shape index (κ2) is 7.42. The third-order valence-corrected chi connectivity index (χ3v) is 3.67. The van der Waals surface area contributed by atoms with Gasteiger partial charge in [0.1, 0.15) is 5.75 Å². The van der Waals surface area contributed by atoms with Crippen molar-refractivity contribution >= 4 is 10.8 Å². The predicted octanol–water partition coefficient (Wildman–Crippen LogP) is 1.05. The van der Waals surface area contributed by atoms with Gasteiger partial charge in [-0.2, -0.15) is 0 Å². The molecule has 0 fully saturated rings. The minimum Gasteiger partial charge on any atom is -0.496 e. The van der Waals surface area contributed by atoms with E-state index in [2.05, 4.69) is 0 Å². The molecule has 17 heavy (non-hydrogen) atoms. The number of ether oxygens (including phenoxy) is 2. The van der Waals surface area contributed by atoms with Gasteiger partial charge in [-0.1, -0.05) is 6.07 Å². The number of rotatable bonds is 7. The summed E-state index contributed by atoms with van der Waals surface area (Å²) in [5.41, 5.74) is 7.54. The van der Waals surface area contributed by atoms with Crippen molar-refractivity contribution in [2.75, 3.05) is 26.6 Å². The lowest BCUT2D eigenvalue weighted by Gasteiger charge is -2.10. The summed E-state index contributed by atoms with van der Waals surface area (Å²) in [4.78, 5) is 0. The quantitative estimate of drug-likeness (QED) is 0.793. The third-order valence-electron chi connectivity index (χ3n) is 2.41. The summed E-state index contributed by atoms with van der Waals surface area (Å²) >= 11 is 0. The van der Waals surface area contributed by atoms with E-state index in [-0.39, 0.29) is 0 Å². The van der Waals surface area contributed by atoms with Gasteiger partial charge in [0, 0.05) is 35.8 Å². The van der Waals surface area contributed by atoms with Gasteiger partial charge < -0.3 is 15.2 Å². The van der Waals surface area contributed by atoms with E-state index in [1.807, 2.05) is 18.2 Å². The molecular weight excluding hydrogens is 238 g/mol. The van der Waals surface area contributed by atoms with E-state index in [0.717, 1.165) is 16.9 Å². The maximum atomic E-state index is 11.8. The summed E-state index contributed by atoms with van der Waals surface area (Å²) in [7, 11) is 2.28. The van der Waals surface area contributed by atoms with E-state index < -0.39 is 10.8 Å². The summed E-state index contributed by atoms with van der Waals surface area (Å²) in [5, 5.41) is 0. The van der Waals surface area contributed by atoms with E-state index in [4.69, 9.17) is 15.2 Å². The molecule has 0 bridgehead atoms. The Morgan fingerprint density at radius 2 is 2.12 bits per heavy atom. The minimum atomic E-state index is -0.939. The van der Waals surface area contributed by atoms with Crippen LogP contribution in [-0.4, -0.2) is 30.8 Å². The molecule has 0 spiro atoms. The average molecular weight is 257 g/mol. The highest BCUT2D eigenvalue weighted by Gasteiger charge is 2.08. The van der Waals surface area contributed by atoms with Gasteiger partial charge >= 0.3 is 0 Å². The highest BCUT2D eigenvalue weighted by Crippen LogP contribution is 2.21. The molecule has 1 aromatic carbocycles. The lowest BCUT2D eigenvalue weighted by molar-refractivity contribution is 0.218. The number of hydrogen-bond donors (Lipinski definition) is 1. The molecule has 1 unspecified atom stereocenters. The maximum absolute atomic E-state index is 11.8. The molecule has 96 valence electrons. The molecule has 5 heteroatoms. The standard InChI is InChI=1S/C12H19NO3S/c1-15-5-6-17(14)9-11-7-10(8-13)3-4-12(11)16-2/h3-4,7H,5-6,8-9,13H2,1-2H3. The first-order chi connectivity index (χ1) is 8.21. The Labute approximate surface area is 105 Å². The van der Waals surface area contributed by atoms with Crippen molar-refractivity contribution in [1.82, 2.24) is 0 Å². The van der Waals surface area contributed by atoms with Gasteiger partial charge in [-0.25, -0.2) is 0 Å². The molecule has 0 saturated carbocycles. The van der Waals surface area contributed by atoms with Crippen LogP contribution < -0.4 is 10.5 Å². The predicted molar refractivity (Wildman–Crippen MR) is 69.5 cm³/mol. The van der Waals surface area contributed by atoms with Crippen molar-refractivity contribution in [2.24, 2.45) is 5.73 Å². The molecule has 0 radical (unpaired) electrons. The second-order valence-corrected chi connectivity index (χ2v) is 5.21. The highest BCUT2D eigenvalue weighted by atomic mass is 32.2. The molecule has 0 aromatic heterocycles. The lowest BCUT2D eigenvalue weighted by Crippen LogP contribution is -2.08. The first kappa shape index (κ1) is 14.2. The molecule has 0 saturated heterocycles. The highest BCUT2D eigenvalue weighted by molar-refractivity contribution is 7.84. The Hall–Kier alpha value is -0.910. The topological polar surface area (TPSA) is 61.5 Å². The molecule has 0 heterocycles. The fraction of sp³-hybridized carbons (Fsp3) is 0.500. The van der Waals surface area contributed by atoms with Crippen LogP contribution >= 0.6 is 0 Å². The van der Waals surface area contributed by atoms with Crippen LogP contribution in [0.25, 0.3) is 0 Å². The molecular formula is C12H19NO3S. The van der Waals surface area contributed by atoms with Crippen LogP contribution in [0.5, 0.6) is 5.75 Å². The number of nitrogens with two attached hydrogens (primary N) is 1. The normalized spacial score (nSPS) is 12.4. The second-order valence-electron chi connectivity index (χ2n) is 3.63. The molecule has 0 aliphatic carbocycles. The first-order valence-electron chi connectivity index (χ1n) is 5.41. The SMILES string of the molecule is COCCS(=O)Cc1cc(CN)ccc1OC. The monoisotopic (exact) mass is 257 g/mol. The smallest absolute Gasteiger partial charge is 0.123 e. The van der Waals surface area contributed by atoms with Crippen LogP contribution in [0, 0.1) is 0 Å². The van der Waals surface area contributed by atoms with Gasteiger partial charge in [-0.3, -0.25) is 4.21 Å². The van der Waals surface area contributed by atoms with Crippen LogP contribution in [0.2, 0.25) is 0 Å². The zero-order valence-electron chi connectivity index (χ0n) is 10.3. The Bertz CT molecular complexity index is 382. The average Bonchev–Trinajstić information content (AvgIpc) is 2.36. The Kier molecular flexibility index (Phi) is 6.18. The summed E-state index contributed by atoms with van der Waals surface area (Å²) in [6, 6.07) is 5.73. The van der Waals surface area contributed by atoms with Crippen LogP contribution in [0.15, 0.2) is 18.2 Å². The molecule has 1 atom stereocenters. The Balaban J connectivity index is 2.76. The molecule has 1 rings (SSSR count). The van der Waals surface area contributed by atoms with Crippen LogP contribution in [0.1, 0.15) is 11.1 Å². The van der Waals surface area contributed by atoms with E-state index in [1.165, 1.54) is 0 Å². The number of hydrogen-bond acceptors (Lipinski definition) is 4. The molecule has 0 aliphatic heterocycles. The van der Waals surface area contributed by atoms with E-state index >= 15 is 0 Å². The van der Waals surface area contributed by atoms with Gasteiger partial charge in [0.2, 0.25) is 0 Å². The lowest BCUT2D eigenvalue weighted by atomic mass is 10.1.